The smallest absolute Gasteiger partial charge is 0.251 e. The SMILES string of the molecule is COc1ccc(NCCNC(=O)[C@@H]2CCCC[C@@H]2NC(=O)c2cccc(C)c2)cc1. The molecule has 1 aliphatic carbocycles. The molecule has 0 unspecified atom stereocenters. The highest BCUT2D eigenvalue weighted by molar-refractivity contribution is 5.95. The first kappa shape index (κ1) is 21.7. The fourth-order valence-electron chi connectivity index (χ4n) is 3.89. The Labute approximate surface area is 178 Å². The van der Waals surface area contributed by atoms with Crippen LogP contribution in [0.5, 0.6) is 5.75 Å². The molecule has 1 saturated carbocycles. The van der Waals surface area contributed by atoms with Crippen molar-refractivity contribution >= 4 is 17.5 Å². The fraction of sp³-hybridized carbons (Fsp3) is 0.417. The van der Waals surface area contributed by atoms with Gasteiger partial charge in [0.2, 0.25) is 5.91 Å². The van der Waals surface area contributed by atoms with Crippen molar-refractivity contribution in [2.75, 3.05) is 25.5 Å². The summed E-state index contributed by atoms with van der Waals surface area (Å²) in [4.78, 5) is 25.4. The van der Waals surface area contributed by atoms with Crippen molar-refractivity contribution in [2.24, 2.45) is 5.92 Å². The molecule has 2 atom stereocenters. The minimum Gasteiger partial charge on any atom is -0.497 e. The minimum absolute atomic E-state index is 0.0146. The molecular formula is C24H31N3O3. The average Bonchev–Trinajstić information content (AvgIpc) is 2.77. The molecule has 6 nitrogen and oxygen atoms in total. The number of rotatable bonds is 8. The lowest BCUT2D eigenvalue weighted by atomic mass is 9.83. The summed E-state index contributed by atoms with van der Waals surface area (Å²) in [5.41, 5.74) is 2.67. The quantitative estimate of drug-likeness (QED) is 0.583. The van der Waals surface area contributed by atoms with E-state index >= 15 is 0 Å². The van der Waals surface area contributed by atoms with Crippen LogP contribution in [0.25, 0.3) is 0 Å². The largest absolute Gasteiger partial charge is 0.497 e. The van der Waals surface area contributed by atoms with E-state index in [0.29, 0.717) is 18.7 Å². The van der Waals surface area contributed by atoms with Crippen molar-refractivity contribution in [1.82, 2.24) is 10.6 Å². The van der Waals surface area contributed by atoms with E-state index in [-0.39, 0.29) is 23.8 Å². The first-order chi connectivity index (χ1) is 14.6. The minimum atomic E-state index is -0.187. The Hall–Kier alpha value is -3.02. The van der Waals surface area contributed by atoms with Crippen LogP contribution in [0.3, 0.4) is 0 Å². The van der Waals surface area contributed by atoms with Gasteiger partial charge in [-0.2, -0.15) is 0 Å². The first-order valence-electron chi connectivity index (χ1n) is 10.6. The molecule has 0 aromatic heterocycles. The number of carbonyl (C=O) groups excluding carboxylic acids is 2. The van der Waals surface area contributed by atoms with Crippen LogP contribution >= 0.6 is 0 Å². The monoisotopic (exact) mass is 409 g/mol. The topological polar surface area (TPSA) is 79.5 Å². The summed E-state index contributed by atoms with van der Waals surface area (Å²) < 4.78 is 5.15. The first-order valence-corrected chi connectivity index (χ1v) is 10.6. The second kappa shape index (κ2) is 10.7. The lowest BCUT2D eigenvalue weighted by molar-refractivity contribution is -0.126. The summed E-state index contributed by atoms with van der Waals surface area (Å²) in [7, 11) is 1.64. The number of benzene rings is 2. The number of methoxy groups -OCH3 is 1. The molecule has 1 fully saturated rings. The summed E-state index contributed by atoms with van der Waals surface area (Å²) >= 11 is 0. The van der Waals surface area contributed by atoms with Crippen LogP contribution in [0.2, 0.25) is 0 Å². The molecule has 3 N–H and O–H groups in total. The van der Waals surface area contributed by atoms with E-state index in [2.05, 4.69) is 16.0 Å². The van der Waals surface area contributed by atoms with E-state index in [9.17, 15) is 9.59 Å². The summed E-state index contributed by atoms with van der Waals surface area (Å²) in [5, 5.41) is 9.40. The predicted molar refractivity (Wildman–Crippen MR) is 119 cm³/mol. The third kappa shape index (κ3) is 5.99. The predicted octanol–water partition coefficient (Wildman–Crippen LogP) is 3.52. The van der Waals surface area contributed by atoms with Crippen molar-refractivity contribution in [3.63, 3.8) is 0 Å². The Morgan fingerprint density at radius 2 is 1.80 bits per heavy atom. The molecule has 0 saturated heterocycles. The second-order valence-corrected chi connectivity index (χ2v) is 7.79. The van der Waals surface area contributed by atoms with Crippen molar-refractivity contribution in [2.45, 2.75) is 38.6 Å². The molecule has 0 radical (unpaired) electrons. The number of ether oxygens (including phenoxy) is 1. The lowest BCUT2D eigenvalue weighted by Gasteiger charge is -2.31. The van der Waals surface area contributed by atoms with E-state index in [4.69, 9.17) is 4.74 Å². The van der Waals surface area contributed by atoms with Gasteiger partial charge in [0.25, 0.3) is 5.91 Å². The van der Waals surface area contributed by atoms with Gasteiger partial charge in [0.1, 0.15) is 5.75 Å². The fourth-order valence-corrected chi connectivity index (χ4v) is 3.89. The van der Waals surface area contributed by atoms with E-state index < -0.39 is 0 Å². The van der Waals surface area contributed by atoms with Gasteiger partial charge in [0, 0.05) is 30.4 Å². The summed E-state index contributed by atoms with van der Waals surface area (Å²) in [6.07, 6.45) is 3.68. The van der Waals surface area contributed by atoms with Gasteiger partial charge in [-0.3, -0.25) is 9.59 Å². The molecule has 0 spiro atoms. The lowest BCUT2D eigenvalue weighted by Crippen LogP contribution is -2.49. The van der Waals surface area contributed by atoms with E-state index in [1.54, 1.807) is 7.11 Å². The molecule has 2 amide bonds. The number of amides is 2. The van der Waals surface area contributed by atoms with Crippen LogP contribution in [-0.4, -0.2) is 38.1 Å². The van der Waals surface area contributed by atoms with Crippen molar-refractivity contribution < 1.29 is 14.3 Å². The van der Waals surface area contributed by atoms with Crippen LogP contribution < -0.4 is 20.7 Å². The van der Waals surface area contributed by atoms with Gasteiger partial charge in [-0.15, -0.1) is 0 Å². The second-order valence-electron chi connectivity index (χ2n) is 7.79. The number of carbonyl (C=O) groups is 2. The summed E-state index contributed by atoms with van der Waals surface area (Å²) in [5.74, 6) is 0.531. The number of nitrogens with one attached hydrogen (secondary N) is 3. The van der Waals surface area contributed by atoms with Gasteiger partial charge in [-0.25, -0.2) is 0 Å². The third-order valence-corrected chi connectivity index (χ3v) is 5.54. The average molecular weight is 410 g/mol. The van der Waals surface area contributed by atoms with Gasteiger partial charge >= 0.3 is 0 Å². The Morgan fingerprint density at radius 3 is 2.53 bits per heavy atom. The summed E-state index contributed by atoms with van der Waals surface area (Å²) in [6.45, 7) is 3.12. The third-order valence-electron chi connectivity index (χ3n) is 5.54. The number of hydrogen-bond donors (Lipinski definition) is 3. The van der Waals surface area contributed by atoms with Crippen LogP contribution in [0.1, 0.15) is 41.6 Å². The van der Waals surface area contributed by atoms with Gasteiger partial charge < -0.3 is 20.7 Å². The molecule has 0 heterocycles. The molecule has 6 heteroatoms. The highest BCUT2D eigenvalue weighted by Gasteiger charge is 2.32. The molecule has 0 bridgehead atoms. The van der Waals surface area contributed by atoms with Crippen LogP contribution in [-0.2, 0) is 4.79 Å². The normalized spacial score (nSPS) is 18.3. The maximum atomic E-state index is 12.8. The van der Waals surface area contributed by atoms with Gasteiger partial charge in [-0.05, 0) is 56.2 Å². The number of hydrogen-bond acceptors (Lipinski definition) is 4. The zero-order chi connectivity index (χ0) is 21.3. The zero-order valence-corrected chi connectivity index (χ0v) is 17.7. The Balaban J connectivity index is 1.48. The van der Waals surface area contributed by atoms with Crippen molar-refractivity contribution in [3.8, 4) is 5.75 Å². The highest BCUT2D eigenvalue weighted by Crippen LogP contribution is 2.25. The van der Waals surface area contributed by atoms with Gasteiger partial charge in [-0.1, -0.05) is 30.5 Å². The van der Waals surface area contributed by atoms with E-state index in [1.807, 2.05) is 55.5 Å². The Bertz CT molecular complexity index is 851. The molecule has 0 aliphatic heterocycles. The molecule has 30 heavy (non-hydrogen) atoms. The Morgan fingerprint density at radius 1 is 1.03 bits per heavy atom. The van der Waals surface area contributed by atoms with Crippen LogP contribution in [0.4, 0.5) is 5.69 Å². The van der Waals surface area contributed by atoms with E-state index in [1.165, 1.54) is 0 Å². The van der Waals surface area contributed by atoms with Gasteiger partial charge in [0.05, 0.1) is 13.0 Å². The molecule has 160 valence electrons. The molecule has 1 aliphatic rings. The standard InChI is InChI=1S/C24H31N3O3/c1-17-6-5-7-18(16-17)23(28)27-22-9-4-3-8-21(22)24(29)26-15-14-25-19-10-12-20(30-2)13-11-19/h5-7,10-13,16,21-22,25H,3-4,8-9,14-15H2,1-2H3,(H,26,29)(H,27,28)/t21-,22+/m1/s1. The maximum Gasteiger partial charge on any atom is 0.251 e. The number of anilines is 1. The molecule has 2 aromatic rings. The number of aryl methyl sites for hydroxylation is 1. The van der Waals surface area contributed by atoms with Crippen molar-refractivity contribution in [3.05, 3.63) is 59.7 Å². The molecular weight excluding hydrogens is 378 g/mol. The molecule has 3 rings (SSSR count). The maximum absolute atomic E-state index is 12.8. The van der Waals surface area contributed by atoms with E-state index in [0.717, 1.165) is 42.7 Å². The summed E-state index contributed by atoms with van der Waals surface area (Å²) in [6, 6.07) is 15.1. The van der Waals surface area contributed by atoms with Crippen LogP contribution in [0.15, 0.2) is 48.5 Å². The Kier molecular flexibility index (Phi) is 7.71. The highest BCUT2D eigenvalue weighted by atomic mass is 16.5. The van der Waals surface area contributed by atoms with Gasteiger partial charge in [0.15, 0.2) is 0 Å². The molecule has 2 aromatic carbocycles. The van der Waals surface area contributed by atoms with Crippen molar-refractivity contribution in [1.29, 1.82) is 0 Å². The zero-order valence-electron chi connectivity index (χ0n) is 17.7. The van der Waals surface area contributed by atoms with Crippen LogP contribution in [0, 0.1) is 12.8 Å².